The van der Waals surface area contributed by atoms with E-state index in [1.807, 2.05) is 49.7 Å². The van der Waals surface area contributed by atoms with Gasteiger partial charge in [-0.3, -0.25) is 14.4 Å². The van der Waals surface area contributed by atoms with Crippen LogP contribution in [-0.2, 0) is 44.6 Å². The number of rotatable bonds is 11. The first-order valence-electron chi connectivity index (χ1n) is 20.9. The maximum atomic E-state index is 14.7. The van der Waals surface area contributed by atoms with Gasteiger partial charge in [-0.15, -0.1) is 0 Å². The summed E-state index contributed by atoms with van der Waals surface area (Å²) in [5, 5.41) is 11.8. The molecule has 2 aromatic rings. The SMILES string of the molecule is CC[C@H]1OC(=O)[C@H](C)C(=O)[C@H](C)[C@@H](O[C@@H]2O[C@H](C)C[C@H](N(C)C)[C@H]2O)[C@@](C)(OC)C[C@@H](C)C(=O)[C@H](C)[C@H]2N(CCCCn3cnc(-c4ccc(Cl)nc4)c3)C(=O)O[C@]12C. The topological polar surface area (TPSA) is 172 Å². The standard InChI is InChI=1S/C43H64ClN5O10/c1-12-32-43(8)37(49(41(54)59-43)18-14-13-17-48-22-30(46-23-48)29-15-16-33(44)45-21-29)26(4)34(50)24(2)20-42(7,55-11)38(27(5)35(51)28(6)39(53)57-32)58-40-36(52)31(47(9)10)19-25(3)56-40/h15-16,21-28,31-32,36-38,40,52H,12-14,17-20H2,1-11H3/t24-,25-,26+,27+,28-,31+,32-,36-,37-,38-,40+,42+,43-/m1/s1. The van der Waals surface area contributed by atoms with Crippen LogP contribution >= 0.6 is 11.6 Å². The van der Waals surface area contributed by atoms with Gasteiger partial charge < -0.3 is 43.2 Å². The van der Waals surface area contributed by atoms with Crippen LogP contribution in [0.15, 0.2) is 30.9 Å². The van der Waals surface area contributed by atoms with Gasteiger partial charge in [0.1, 0.15) is 29.1 Å². The summed E-state index contributed by atoms with van der Waals surface area (Å²) in [7, 11) is 5.23. The second-order valence-corrected chi connectivity index (χ2v) is 17.8. The number of ether oxygens (including phenoxy) is 5. The summed E-state index contributed by atoms with van der Waals surface area (Å²) < 4.78 is 33.2. The molecule has 13 atom stereocenters. The number of aryl methyl sites for hydroxylation is 1. The van der Waals surface area contributed by atoms with Crippen molar-refractivity contribution in [3.63, 3.8) is 0 Å². The summed E-state index contributed by atoms with van der Waals surface area (Å²) in [5.41, 5.74) is -1.09. The summed E-state index contributed by atoms with van der Waals surface area (Å²) in [4.78, 5) is 69.0. The Hall–Kier alpha value is -3.47. The lowest BCUT2D eigenvalue weighted by molar-refractivity contribution is -0.295. The predicted molar refractivity (Wildman–Crippen MR) is 219 cm³/mol. The molecule has 5 heterocycles. The number of ketones is 2. The van der Waals surface area contributed by atoms with Gasteiger partial charge in [0, 0.05) is 62.0 Å². The minimum atomic E-state index is -1.41. The highest BCUT2D eigenvalue weighted by molar-refractivity contribution is 6.29. The number of Topliss-reactive ketones (excluding diaryl/α,β-unsaturated/α-hetero) is 2. The van der Waals surface area contributed by atoms with Crippen molar-refractivity contribution in [3.05, 3.63) is 36.0 Å². The van der Waals surface area contributed by atoms with E-state index >= 15 is 0 Å². The van der Waals surface area contributed by atoms with Gasteiger partial charge in [-0.05, 0) is 86.0 Å². The molecule has 0 radical (unpaired) electrons. The minimum Gasteiger partial charge on any atom is -0.458 e. The van der Waals surface area contributed by atoms with E-state index in [2.05, 4.69) is 9.97 Å². The Morgan fingerprint density at radius 3 is 2.32 bits per heavy atom. The number of carbonyl (C=O) groups excluding carboxylic acids is 4. The smallest absolute Gasteiger partial charge is 0.410 e. The Labute approximate surface area is 353 Å². The van der Waals surface area contributed by atoms with Gasteiger partial charge in [-0.25, -0.2) is 14.8 Å². The Balaban J connectivity index is 1.43. The molecule has 3 saturated heterocycles. The second-order valence-electron chi connectivity index (χ2n) is 17.5. The van der Waals surface area contributed by atoms with Crippen LogP contribution in [0.25, 0.3) is 11.3 Å². The lowest BCUT2D eigenvalue weighted by Crippen LogP contribution is -2.60. The molecule has 2 aromatic heterocycles. The molecule has 3 aliphatic heterocycles. The van der Waals surface area contributed by atoms with Crippen LogP contribution in [0, 0.1) is 23.7 Å². The zero-order chi connectivity index (χ0) is 43.6. The number of pyridine rings is 1. The van der Waals surface area contributed by atoms with Gasteiger partial charge in [0.15, 0.2) is 17.7 Å². The second kappa shape index (κ2) is 19.1. The first-order valence-corrected chi connectivity index (χ1v) is 21.3. The maximum Gasteiger partial charge on any atom is 0.410 e. The largest absolute Gasteiger partial charge is 0.458 e. The number of fused-ring (bicyclic) bond motifs is 1. The zero-order valence-electron chi connectivity index (χ0n) is 36.4. The molecule has 3 fully saturated rings. The predicted octanol–water partition coefficient (Wildman–Crippen LogP) is 5.58. The lowest BCUT2D eigenvalue weighted by Gasteiger charge is -2.47. The van der Waals surface area contributed by atoms with Crippen molar-refractivity contribution in [3.8, 4) is 11.3 Å². The molecule has 0 aliphatic carbocycles. The number of halogens is 1. The van der Waals surface area contributed by atoms with Crippen molar-refractivity contribution in [2.45, 2.75) is 148 Å². The first-order chi connectivity index (χ1) is 27.8. The lowest BCUT2D eigenvalue weighted by atomic mass is 9.73. The normalized spacial score (nSPS) is 36.3. The number of amides is 1. The third-order valence-corrected chi connectivity index (χ3v) is 13.1. The van der Waals surface area contributed by atoms with E-state index in [1.54, 1.807) is 58.1 Å². The maximum absolute atomic E-state index is 14.7. The number of nitrogens with zero attached hydrogens (tertiary/aromatic N) is 5. The molecule has 0 saturated carbocycles. The summed E-state index contributed by atoms with van der Waals surface area (Å²) in [6.45, 7) is 14.9. The van der Waals surface area contributed by atoms with Crippen molar-refractivity contribution in [1.82, 2.24) is 24.3 Å². The summed E-state index contributed by atoms with van der Waals surface area (Å²) in [5.74, 6) is -5.00. The van der Waals surface area contributed by atoms with Gasteiger partial charge in [0.2, 0.25) is 0 Å². The molecule has 0 spiro atoms. The quantitative estimate of drug-likeness (QED) is 0.129. The molecule has 0 aromatic carbocycles. The fourth-order valence-corrected chi connectivity index (χ4v) is 9.56. The van der Waals surface area contributed by atoms with Crippen LogP contribution in [-0.4, -0.2) is 135 Å². The number of hydrogen-bond donors (Lipinski definition) is 1. The zero-order valence-corrected chi connectivity index (χ0v) is 37.2. The molecule has 16 heteroatoms. The fraction of sp³-hybridized carbons (Fsp3) is 0.721. The molecule has 15 nitrogen and oxygen atoms in total. The Bertz CT molecular complexity index is 1790. The molecule has 0 bridgehead atoms. The summed E-state index contributed by atoms with van der Waals surface area (Å²) in [6.07, 6.45) is 2.49. The van der Waals surface area contributed by atoms with E-state index in [-0.39, 0.29) is 37.3 Å². The van der Waals surface area contributed by atoms with Gasteiger partial charge in [0.05, 0.1) is 35.9 Å². The molecule has 1 N–H and O–H groups in total. The van der Waals surface area contributed by atoms with Crippen LogP contribution in [0.3, 0.4) is 0 Å². The number of carbonyl (C=O) groups is 4. The molecule has 3 aliphatic rings. The molecular formula is C43H64ClN5O10. The van der Waals surface area contributed by atoms with E-state index in [0.717, 1.165) is 11.3 Å². The number of imidazole rings is 1. The van der Waals surface area contributed by atoms with E-state index in [1.165, 1.54) is 14.0 Å². The van der Waals surface area contributed by atoms with Crippen molar-refractivity contribution < 1.29 is 48.0 Å². The number of methoxy groups -OCH3 is 1. The third kappa shape index (κ3) is 9.86. The van der Waals surface area contributed by atoms with Crippen LogP contribution in [0.5, 0.6) is 0 Å². The Morgan fingerprint density at radius 1 is 1.00 bits per heavy atom. The van der Waals surface area contributed by atoms with Crippen LogP contribution in [0.4, 0.5) is 4.79 Å². The summed E-state index contributed by atoms with van der Waals surface area (Å²) in [6, 6.07) is 2.48. The van der Waals surface area contributed by atoms with E-state index in [4.69, 9.17) is 35.3 Å². The molecule has 5 rings (SSSR count). The third-order valence-electron chi connectivity index (χ3n) is 12.9. The van der Waals surface area contributed by atoms with Gasteiger partial charge >= 0.3 is 12.1 Å². The minimum absolute atomic E-state index is 0.123. The summed E-state index contributed by atoms with van der Waals surface area (Å²) >= 11 is 5.95. The average molecular weight is 846 g/mol. The van der Waals surface area contributed by atoms with Crippen LogP contribution in [0.1, 0.15) is 87.5 Å². The molecular weight excluding hydrogens is 782 g/mol. The van der Waals surface area contributed by atoms with Gasteiger partial charge in [0.25, 0.3) is 0 Å². The number of cyclic esters (lactones) is 1. The number of hydrogen-bond acceptors (Lipinski definition) is 13. The van der Waals surface area contributed by atoms with Crippen LogP contribution in [0.2, 0.25) is 5.15 Å². The average Bonchev–Trinajstić information content (AvgIpc) is 3.77. The Kier molecular flexibility index (Phi) is 15.1. The van der Waals surface area contributed by atoms with Gasteiger partial charge in [-0.1, -0.05) is 39.3 Å². The number of aromatic nitrogens is 3. The highest BCUT2D eigenvalue weighted by Gasteiger charge is 2.60. The molecule has 0 unspecified atom stereocenters. The number of aliphatic hydroxyl groups is 1. The van der Waals surface area contributed by atoms with Crippen molar-refractivity contribution in [2.24, 2.45) is 23.7 Å². The van der Waals surface area contributed by atoms with E-state index < -0.39 is 83.4 Å². The highest BCUT2D eigenvalue weighted by atomic mass is 35.5. The van der Waals surface area contributed by atoms with Crippen molar-refractivity contribution in [2.75, 3.05) is 27.7 Å². The highest BCUT2D eigenvalue weighted by Crippen LogP contribution is 2.43. The number of aliphatic hydroxyl groups excluding tert-OH is 1. The van der Waals surface area contributed by atoms with Gasteiger partial charge in [-0.2, -0.15) is 0 Å². The molecule has 1 amide bonds. The van der Waals surface area contributed by atoms with E-state index in [0.29, 0.717) is 31.0 Å². The van der Waals surface area contributed by atoms with Crippen molar-refractivity contribution >= 4 is 35.2 Å². The number of likely N-dealkylation sites (N-methyl/N-ethyl adjacent to an activating group) is 1. The van der Waals surface area contributed by atoms with Crippen molar-refractivity contribution in [1.29, 1.82) is 0 Å². The monoisotopic (exact) mass is 845 g/mol. The Morgan fingerprint density at radius 2 is 1.69 bits per heavy atom. The van der Waals surface area contributed by atoms with Crippen LogP contribution < -0.4 is 0 Å². The molecule has 328 valence electrons. The molecule has 59 heavy (non-hydrogen) atoms. The first kappa shape index (κ1) is 46.6. The number of unbranched alkanes of at least 4 members (excludes halogenated alkanes) is 1. The van der Waals surface area contributed by atoms with E-state index in [9.17, 15) is 24.3 Å². The number of esters is 1. The fourth-order valence-electron chi connectivity index (χ4n) is 9.44.